The maximum atomic E-state index is 13.9. The molecule has 0 aromatic heterocycles. The second-order valence-corrected chi connectivity index (χ2v) is 6.71. The highest BCUT2D eigenvalue weighted by Crippen LogP contribution is 2.31. The van der Waals surface area contributed by atoms with E-state index in [-0.39, 0.29) is 11.9 Å². The van der Waals surface area contributed by atoms with Crippen LogP contribution in [0, 0.1) is 17.7 Å². The van der Waals surface area contributed by atoms with E-state index in [1.807, 2.05) is 12.1 Å². The van der Waals surface area contributed by atoms with Crippen molar-refractivity contribution in [3.8, 4) is 0 Å². The lowest BCUT2D eigenvalue weighted by molar-refractivity contribution is 0.141. The Bertz CT molecular complexity index is 449. The van der Waals surface area contributed by atoms with Crippen LogP contribution < -0.4 is 5.32 Å². The Morgan fingerprint density at radius 1 is 1.33 bits per heavy atom. The van der Waals surface area contributed by atoms with Crippen LogP contribution in [0.15, 0.2) is 24.3 Å². The van der Waals surface area contributed by atoms with E-state index in [1.165, 1.54) is 19.3 Å². The van der Waals surface area contributed by atoms with Crippen LogP contribution in [0.3, 0.4) is 0 Å². The van der Waals surface area contributed by atoms with E-state index < -0.39 is 0 Å². The Labute approximate surface area is 128 Å². The molecule has 1 aromatic carbocycles. The maximum absolute atomic E-state index is 13.9. The monoisotopic (exact) mass is 292 g/mol. The van der Waals surface area contributed by atoms with Gasteiger partial charge in [-0.1, -0.05) is 25.1 Å². The summed E-state index contributed by atoms with van der Waals surface area (Å²) in [5.74, 6) is 1.36. The summed E-state index contributed by atoms with van der Waals surface area (Å²) in [6.07, 6.45) is 3.83. The van der Waals surface area contributed by atoms with Gasteiger partial charge in [-0.15, -0.1) is 0 Å². The molecule has 0 aliphatic heterocycles. The highest BCUT2D eigenvalue weighted by atomic mass is 19.1. The maximum Gasteiger partial charge on any atom is 0.127 e. The van der Waals surface area contributed by atoms with Gasteiger partial charge >= 0.3 is 0 Å². The number of nitrogens with one attached hydrogen (secondary N) is 1. The molecule has 0 bridgehead atoms. The summed E-state index contributed by atoms with van der Waals surface area (Å²) in [6, 6.07) is 7.83. The van der Waals surface area contributed by atoms with Crippen LogP contribution in [0.25, 0.3) is 0 Å². The number of hydrogen-bond donors (Lipinski definition) is 1. The van der Waals surface area contributed by atoms with E-state index in [4.69, 9.17) is 0 Å². The predicted molar refractivity (Wildman–Crippen MR) is 86.8 cm³/mol. The number of benzene rings is 1. The lowest BCUT2D eigenvalue weighted by Gasteiger charge is -2.38. The average molecular weight is 292 g/mol. The molecule has 3 heteroatoms. The van der Waals surface area contributed by atoms with Gasteiger partial charge in [-0.05, 0) is 58.2 Å². The molecule has 0 spiro atoms. The summed E-state index contributed by atoms with van der Waals surface area (Å²) in [5.41, 5.74) is 0.796. The zero-order valence-corrected chi connectivity index (χ0v) is 13.8. The van der Waals surface area contributed by atoms with Gasteiger partial charge in [0.1, 0.15) is 5.82 Å². The minimum Gasteiger partial charge on any atom is -0.317 e. The standard InChI is InChI=1S/C18H29FN2/c1-13-9-10-18(20-3)15(11-13)12-21(4)14(2)16-7-5-6-8-17(16)19/h5-8,13-15,18,20H,9-12H2,1-4H3. The average Bonchev–Trinajstić information content (AvgIpc) is 2.47. The van der Waals surface area contributed by atoms with Gasteiger partial charge in [0.15, 0.2) is 0 Å². The van der Waals surface area contributed by atoms with Gasteiger partial charge in [-0.25, -0.2) is 4.39 Å². The smallest absolute Gasteiger partial charge is 0.127 e. The fourth-order valence-corrected chi connectivity index (χ4v) is 3.66. The minimum absolute atomic E-state index is 0.0981. The highest BCUT2D eigenvalue weighted by Gasteiger charge is 2.29. The van der Waals surface area contributed by atoms with Crippen LogP contribution in [0.4, 0.5) is 4.39 Å². The third kappa shape index (κ3) is 4.04. The zero-order chi connectivity index (χ0) is 15.4. The van der Waals surface area contributed by atoms with E-state index >= 15 is 0 Å². The van der Waals surface area contributed by atoms with Crippen molar-refractivity contribution in [1.82, 2.24) is 10.2 Å². The fourth-order valence-electron chi connectivity index (χ4n) is 3.66. The normalized spacial score (nSPS) is 27.8. The molecule has 4 unspecified atom stereocenters. The summed E-state index contributed by atoms with van der Waals surface area (Å²) in [7, 11) is 4.18. The minimum atomic E-state index is -0.0981. The summed E-state index contributed by atoms with van der Waals surface area (Å²) >= 11 is 0. The third-order valence-corrected chi connectivity index (χ3v) is 5.15. The Kier molecular flexibility index (Phi) is 5.77. The lowest BCUT2D eigenvalue weighted by atomic mass is 9.78. The van der Waals surface area contributed by atoms with Crippen molar-refractivity contribution in [2.45, 2.75) is 45.2 Å². The molecule has 0 radical (unpaired) electrons. The molecule has 118 valence electrons. The van der Waals surface area contributed by atoms with Crippen LogP contribution in [0.1, 0.15) is 44.7 Å². The van der Waals surface area contributed by atoms with Crippen LogP contribution >= 0.6 is 0 Å². The quantitative estimate of drug-likeness (QED) is 0.887. The fraction of sp³-hybridized carbons (Fsp3) is 0.667. The summed E-state index contributed by atoms with van der Waals surface area (Å²) in [4.78, 5) is 2.30. The van der Waals surface area contributed by atoms with Gasteiger partial charge < -0.3 is 5.32 Å². The van der Waals surface area contributed by atoms with Gasteiger partial charge in [-0.3, -0.25) is 4.90 Å². The van der Waals surface area contributed by atoms with Crippen molar-refractivity contribution >= 4 is 0 Å². The first kappa shape index (κ1) is 16.4. The first-order valence-electron chi connectivity index (χ1n) is 8.14. The van der Waals surface area contributed by atoms with Gasteiger partial charge in [0.25, 0.3) is 0 Å². The van der Waals surface area contributed by atoms with Crippen LogP contribution in [-0.2, 0) is 0 Å². The largest absolute Gasteiger partial charge is 0.317 e. The van der Waals surface area contributed by atoms with E-state index in [9.17, 15) is 4.39 Å². The number of rotatable bonds is 5. The van der Waals surface area contributed by atoms with Crippen molar-refractivity contribution in [3.63, 3.8) is 0 Å². The van der Waals surface area contributed by atoms with Crippen LogP contribution in [0.5, 0.6) is 0 Å². The first-order valence-corrected chi connectivity index (χ1v) is 8.14. The topological polar surface area (TPSA) is 15.3 Å². The molecule has 1 saturated carbocycles. The van der Waals surface area contributed by atoms with Crippen molar-refractivity contribution < 1.29 is 4.39 Å². The Morgan fingerprint density at radius 2 is 2.05 bits per heavy atom. The second-order valence-electron chi connectivity index (χ2n) is 6.71. The van der Waals surface area contributed by atoms with Crippen molar-refractivity contribution in [1.29, 1.82) is 0 Å². The molecule has 21 heavy (non-hydrogen) atoms. The summed E-state index contributed by atoms with van der Waals surface area (Å²) in [6.45, 7) is 5.46. The molecule has 2 nitrogen and oxygen atoms in total. The van der Waals surface area contributed by atoms with Crippen LogP contribution in [-0.4, -0.2) is 31.6 Å². The molecule has 1 aliphatic rings. The van der Waals surface area contributed by atoms with Gasteiger partial charge in [-0.2, -0.15) is 0 Å². The SMILES string of the molecule is CNC1CCC(C)CC1CN(C)C(C)c1ccccc1F. The van der Waals surface area contributed by atoms with Gasteiger partial charge in [0.05, 0.1) is 0 Å². The Morgan fingerprint density at radius 3 is 2.71 bits per heavy atom. The third-order valence-electron chi connectivity index (χ3n) is 5.15. The predicted octanol–water partition coefficient (Wildman–Crippen LogP) is 3.84. The molecular weight excluding hydrogens is 263 g/mol. The second kappa shape index (κ2) is 7.37. The summed E-state index contributed by atoms with van der Waals surface area (Å²) in [5, 5.41) is 3.47. The number of nitrogens with zero attached hydrogens (tertiary/aromatic N) is 1. The van der Waals surface area contributed by atoms with Crippen molar-refractivity contribution in [3.05, 3.63) is 35.6 Å². The Hall–Kier alpha value is -0.930. The number of hydrogen-bond acceptors (Lipinski definition) is 2. The molecule has 4 atom stereocenters. The lowest BCUT2D eigenvalue weighted by Crippen LogP contribution is -2.44. The van der Waals surface area contributed by atoms with E-state index in [0.29, 0.717) is 12.0 Å². The van der Waals surface area contributed by atoms with Crippen molar-refractivity contribution in [2.75, 3.05) is 20.6 Å². The van der Waals surface area contributed by atoms with Crippen molar-refractivity contribution in [2.24, 2.45) is 11.8 Å². The molecule has 1 aliphatic carbocycles. The number of halogens is 1. The van der Waals surface area contributed by atoms with E-state index in [1.54, 1.807) is 12.1 Å². The van der Waals surface area contributed by atoms with Gasteiger partial charge in [0.2, 0.25) is 0 Å². The summed E-state index contributed by atoms with van der Waals surface area (Å²) < 4.78 is 13.9. The molecule has 0 saturated heterocycles. The molecule has 0 heterocycles. The molecule has 1 aromatic rings. The van der Waals surface area contributed by atoms with Gasteiger partial charge in [0, 0.05) is 24.2 Å². The molecule has 0 amide bonds. The zero-order valence-electron chi connectivity index (χ0n) is 13.8. The molecular formula is C18H29FN2. The molecule has 1 N–H and O–H groups in total. The van der Waals surface area contributed by atoms with E-state index in [2.05, 4.69) is 38.2 Å². The van der Waals surface area contributed by atoms with E-state index in [0.717, 1.165) is 18.0 Å². The highest BCUT2D eigenvalue weighted by molar-refractivity contribution is 5.20. The molecule has 1 fully saturated rings. The first-order chi connectivity index (χ1) is 10.0. The molecule has 2 rings (SSSR count). The Balaban J connectivity index is 2.02. The van der Waals surface area contributed by atoms with Crippen LogP contribution in [0.2, 0.25) is 0 Å².